The number of hydrogen-bond acceptors (Lipinski definition) is 2. The second kappa shape index (κ2) is 4.98. The van der Waals surface area contributed by atoms with Crippen molar-refractivity contribution in [2.24, 2.45) is 0 Å². The van der Waals surface area contributed by atoms with Gasteiger partial charge in [0.25, 0.3) is 0 Å². The number of halogens is 1. The molecule has 1 aromatic heterocycles. The van der Waals surface area contributed by atoms with Crippen molar-refractivity contribution in [1.82, 2.24) is 10.2 Å². The third-order valence-corrected chi connectivity index (χ3v) is 3.47. The number of fused-ring (bicyclic) bond motifs is 1. The van der Waals surface area contributed by atoms with Crippen molar-refractivity contribution in [1.29, 1.82) is 0 Å². The summed E-state index contributed by atoms with van der Waals surface area (Å²) in [5.41, 5.74) is 3.14. The summed E-state index contributed by atoms with van der Waals surface area (Å²) in [6.45, 7) is 1.92. The van der Waals surface area contributed by atoms with E-state index < -0.39 is 0 Å². The number of nitrogens with zero attached hydrogens (tertiary/aromatic N) is 2. The maximum atomic E-state index is 6.09. The molecule has 0 radical (unpaired) electrons. The lowest BCUT2D eigenvalue weighted by Gasteiger charge is -2.06. The first-order valence-corrected chi connectivity index (χ1v) is 6.56. The van der Waals surface area contributed by atoms with Gasteiger partial charge in [-0.15, -0.1) is 5.10 Å². The van der Waals surface area contributed by atoms with Crippen molar-refractivity contribution in [3.8, 4) is 0 Å². The Morgan fingerprint density at radius 2 is 1.74 bits per heavy atom. The molecular weight excluding hydrogens is 256 g/mol. The number of benzene rings is 2. The molecule has 0 atom stereocenters. The molecule has 2 nitrogen and oxygen atoms in total. The average Bonchev–Trinajstić information content (AvgIpc) is 2.43. The van der Waals surface area contributed by atoms with Crippen LogP contribution < -0.4 is 0 Å². The van der Waals surface area contributed by atoms with Crippen LogP contribution in [0.15, 0.2) is 48.5 Å². The second-order valence-corrected chi connectivity index (χ2v) is 5.02. The number of aryl methyl sites for hydroxylation is 1. The van der Waals surface area contributed by atoms with Crippen LogP contribution >= 0.6 is 11.6 Å². The van der Waals surface area contributed by atoms with Crippen LogP contribution in [0.2, 0.25) is 5.15 Å². The van der Waals surface area contributed by atoms with Gasteiger partial charge in [0.2, 0.25) is 0 Å². The Kier molecular flexibility index (Phi) is 3.18. The third kappa shape index (κ3) is 2.59. The lowest BCUT2D eigenvalue weighted by atomic mass is 10.0. The van der Waals surface area contributed by atoms with Gasteiger partial charge < -0.3 is 0 Å². The van der Waals surface area contributed by atoms with Crippen molar-refractivity contribution < 1.29 is 0 Å². The largest absolute Gasteiger partial charge is 0.155 e. The quantitative estimate of drug-likeness (QED) is 0.697. The van der Waals surface area contributed by atoms with Gasteiger partial charge in [-0.3, -0.25) is 0 Å². The standard InChI is InChI=1S/C16H13ClN2/c1-11-8-15(16(17)19-18-11)10-12-6-7-13-4-2-3-5-14(13)9-12/h2-9H,10H2,1H3. The van der Waals surface area contributed by atoms with Crippen LogP contribution in [0.1, 0.15) is 16.8 Å². The van der Waals surface area contributed by atoms with Gasteiger partial charge in [-0.25, -0.2) is 0 Å². The summed E-state index contributed by atoms with van der Waals surface area (Å²) in [7, 11) is 0. The van der Waals surface area contributed by atoms with Crippen LogP contribution in [-0.2, 0) is 6.42 Å². The van der Waals surface area contributed by atoms with Crippen molar-refractivity contribution in [3.63, 3.8) is 0 Å². The Bertz CT molecular complexity index is 738. The monoisotopic (exact) mass is 268 g/mol. The van der Waals surface area contributed by atoms with E-state index in [2.05, 4.69) is 52.7 Å². The first-order valence-electron chi connectivity index (χ1n) is 6.19. The summed E-state index contributed by atoms with van der Waals surface area (Å²) in [6, 6.07) is 16.8. The van der Waals surface area contributed by atoms with Gasteiger partial charge in [0.15, 0.2) is 5.15 Å². The summed E-state index contributed by atoms with van der Waals surface area (Å²) in [5.74, 6) is 0. The van der Waals surface area contributed by atoms with Crippen LogP contribution in [0.3, 0.4) is 0 Å². The Morgan fingerprint density at radius 1 is 0.947 bits per heavy atom. The molecule has 0 saturated heterocycles. The summed E-state index contributed by atoms with van der Waals surface area (Å²) in [5, 5.41) is 10.9. The molecule has 3 heteroatoms. The topological polar surface area (TPSA) is 25.8 Å². The van der Waals surface area contributed by atoms with E-state index in [0.29, 0.717) is 5.15 Å². The highest BCUT2D eigenvalue weighted by atomic mass is 35.5. The molecule has 19 heavy (non-hydrogen) atoms. The Balaban J connectivity index is 1.98. The zero-order valence-electron chi connectivity index (χ0n) is 10.6. The molecule has 1 heterocycles. The fourth-order valence-electron chi connectivity index (χ4n) is 2.22. The third-order valence-electron chi connectivity index (χ3n) is 3.15. The minimum absolute atomic E-state index is 0.485. The minimum atomic E-state index is 0.485. The van der Waals surface area contributed by atoms with Crippen LogP contribution in [-0.4, -0.2) is 10.2 Å². The molecule has 0 N–H and O–H groups in total. The molecule has 0 bridgehead atoms. The van der Waals surface area contributed by atoms with E-state index in [1.807, 2.05) is 13.0 Å². The van der Waals surface area contributed by atoms with E-state index in [9.17, 15) is 0 Å². The Morgan fingerprint density at radius 3 is 2.58 bits per heavy atom. The smallest absolute Gasteiger partial charge is 0.154 e. The molecule has 0 unspecified atom stereocenters. The summed E-state index contributed by atoms with van der Waals surface area (Å²) in [4.78, 5) is 0. The molecule has 0 fully saturated rings. The number of rotatable bonds is 2. The number of aromatic nitrogens is 2. The molecule has 0 saturated carbocycles. The predicted octanol–water partition coefficient (Wildman–Crippen LogP) is 4.18. The predicted molar refractivity (Wildman–Crippen MR) is 78.5 cm³/mol. The zero-order chi connectivity index (χ0) is 13.2. The van der Waals surface area contributed by atoms with Gasteiger partial charge in [-0.05, 0) is 34.9 Å². The van der Waals surface area contributed by atoms with E-state index in [-0.39, 0.29) is 0 Å². The van der Waals surface area contributed by atoms with Crippen molar-refractivity contribution in [2.75, 3.05) is 0 Å². The van der Waals surface area contributed by atoms with E-state index in [4.69, 9.17) is 11.6 Å². The maximum Gasteiger partial charge on any atom is 0.155 e. The lowest BCUT2D eigenvalue weighted by molar-refractivity contribution is 0.952. The van der Waals surface area contributed by atoms with Crippen LogP contribution in [0.4, 0.5) is 0 Å². The van der Waals surface area contributed by atoms with Gasteiger partial charge in [0, 0.05) is 6.42 Å². The molecule has 0 aliphatic carbocycles. The van der Waals surface area contributed by atoms with Crippen molar-refractivity contribution in [2.45, 2.75) is 13.3 Å². The Labute approximate surface area is 117 Å². The summed E-state index contributed by atoms with van der Waals surface area (Å²) >= 11 is 6.09. The molecule has 3 aromatic rings. The SMILES string of the molecule is Cc1cc(Cc2ccc3ccccc3c2)c(Cl)nn1. The zero-order valence-corrected chi connectivity index (χ0v) is 11.4. The van der Waals surface area contributed by atoms with E-state index in [1.54, 1.807) is 0 Å². The normalized spacial score (nSPS) is 10.8. The first-order chi connectivity index (χ1) is 9.22. The van der Waals surface area contributed by atoms with E-state index in [0.717, 1.165) is 17.7 Å². The fourth-order valence-corrected chi connectivity index (χ4v) is 2.38. The van der Waals surface area contributed by atoms with Crippen LogP contribution in [0.5, 0.6) is 0 Å². The molecular formula is C16H13ClN2. The van der Waals surface area contributed by atoms with E-state index in [1.165, 1.54) is 16.3 Å². The first kappa shape index (κ1) is 12.1. The van der Waals surface area contributed by atoms with Crippen LogP contribution in [0, 0.1) is 6.92 Å². The molecule has 94 valence electrons. The second-order valence-electron chi connectivity index (χ2n) is 4.66. The highest BCUT2D eigenvalue weighted by molar-refractivity contribution is 6.30. The van der Waals surface area contributed by atoms with Gasteiger partial charge in [-0.2, -0.15) is 5.10 Å². The molecule has 2 aromatic carbocycles. The van der Waals surface area contributed by atoms with Crippen molar-refractivity contribution in [3.05, 3.63) is 70.5 Å². The number of hydrogen-bond donors (Lipinski definition) is 0. The molecule has 0 amide bonds. The fraction of sp³-hybridized carbons (Fsp3) is 0.125. The lowest BCUT2D eigenvalue weighted by Crippen LogP contribution is -1.96. The van der Waals surface area contributed by atoms with Crippen molar-refractivity contribution >= 4 is 22.4 Å². The van der Waals surface area contributed by atoms with Gasteiger partial charge in [-0.1, -0.05) is 54.1 Å². The molecule has 0 spiro atoms. The molecule has 0 aliphatic rings. The minimum Gasteiger partial charge on any atom is -0.154 e. The van der Waals surface area contributed by atoms with Gasteiger partial charge >= 0.3 is 0 Å². The maximum absolute atomic E-state index is 6.09. The van der Waals surface area contributed by atoms with E-state index >= 15 is 0 Å². The van der Waals surface area contributed by atoms with Gasteiger partial charge in [0.1, 0.15) is 0 Å². The average molecular weight is 269 g/mol. The highest BCUT2D eigenvalue weighted by Crippen LogP contribution is 2.21. The molecule has 3 rings (SSSR count). The summed E-state index contributed by atoms with van der Waals surface area (Å²) < 4.78 is 0. The van der Waals surface area contributed by atoms with Crippen LogP contribution in [0.25, 0.3) is 10.8 Å². The highest BCUT2D eigenvalue weighted by Gasteiger charge is 2.05. The summed E-state index contributed by atoms with van der Waals surface area (Å²) in [6.07, 6.45) is 0.778. The molecule has 0 aliphatic heterocycles. The van der Waals surface area contributed by atoms with Gasteiger partial charge in [0.05, 0.1) is 5.69 Å². The Hall–Kier alpha value is -1.93.